The number of hydrogen-bond donors (Lipinski definition) is 2. The molecule has 0 atom stereocenters. The zero-order chi connectivity index (χ0) is 24.1. The van der Waals surface area contributed by atoms with Gasteiger partial charge in [0.2, 0.25) is 5.91 Å². The van der Waals surface area contributed by atoms with Gasteiger partial charge < -0.3 is 19.7 Å². The average Bonchev–Trinajstić information content (AvgIpc) is 3.20. The molecule has 3 aromatic carbocycles. The zero-order valence-electron chi connectivity index (χ0n) is 19.3. The fraction of sp³-hybridized carbons (Fsp3) is 0.214. The van der Waals surface area contributed by atoms with Gasteiger partial charge in [-0.3, -0.25) is 4.79 Å². The van der Waals surface area contributed by atoms with E-state index in [1.807, 2.05) is 71.4 Å². The van der Waals surface area contributed by atoms with Crippen LogP contribution in [-0.4, -0.2) is 34.8 Å². The lowest BCUT2D eigenvalue weighted by Crippen LogP contribution is -2.19. The highest BCUT2D eigenvalue weighted by Gasteiger charge is 2.13. The van der Waals surface area contributed by atoms with Crippen LogP contribution in [0.1, 0.15) is 35.7 Å². The van der Waals surface area contributed by atoms with E-state index >= 15 is 0 Å². The van der Waals surface area contributed by atoms with Gasteiger partial charge >= 0.3 is 5.97 Å². The second-order valence-electron chi connectivity index (χ2n) is 8.52. The number of nitrogens with one attached hydrogen (secondary N) is 1. The second-order valence-corrected chi connectivity index (χ2v) is 8.52. The number of ether oxygens (including phenoxy) is 1. The third-order valence-corrected chi connectivity index (χ3v) is 5.76. The molecule has 0 saturated heterocycles. The monoisotopic (exact) mass is 456 g/mol. The molecule has 0 unspecified atom stereocenters. The first kappa shape index (κ1) is 23.3. The van der Waals surface area contributed by atoms with Crippen molar-refractivity contribution in [3.63, 3.8) is 0 Å². The molecule has 34 heavy (non-hydrogen) atoms. The lowest BCUT2D eigenvalue weighted by atomic mass is 10.0. The molecular weight excluding hydrogens is 428 g/mol. The summed E-state index contributed by atoms with van der Waals surface area (Å²) in [7, 11) is 0. The van der Waals surface area contributed by atoms with Crippen LogP contribution in [0.3, 0.4) is 0 Å². The molecule has 1 aromatic heterocycles. The minimum Gasteiger partial charge on any atom is -0.478 e. The van der Waals surface area contributed by atoms with Gasteiger partial charge in [-0.05, 0) is 41.3 Å². The highest BCUT2D eigenvalue weighted by Crippen LogP contribution is 2.31. The molecule has 0 aliphatic carbocycles. The topological polar surface area (TPSA) is 80.6 Å². The molecule has 4 rings (SSSR count). The fourth-order valence-corrected chi connectivity index (χ4v) is 3.96. The van der Waals surface area contributed by atoms with E-state index in [0.29, 0.717) is 19.1 Å². The second kappa shape index (κ2) is 10.4. The van der Waals surface area contributed by atoms with E-state index in [4.69, 9.17) is 4.74 Å². The minimum absolute atomic E-state index is 0.0585. The predicted octanol–water partition coefficient (Wildman–Crippen LogP) is 5.79. The molecule has 4 aromatic rings. The van der Waals surface area contributed by atoms with Crippen LogP contribution < -0.4 is 5.32 Å². The summed E-state index contributed by atoms with van der Waals surface area (Å²) in [5.41, 5.74) is 5.04. The first-order valence-corrected chi connectivity index (χ1v) is 11.3. The van der Waals surface area contributed by atoms with Gasteiger partial charge in [0.05, 0.1) is 12.2 Å². The zero-order valence-corrected chi connectivity index (χ0v) is 19.3. The summed E-state index contributed by atoms with van der Waals surface area (Å²) in [6, 6.07) is 22.9. The molecule has 1 heterocycles. The summed E-state index contributed by atoms with van der Waals surface area (Å²) >= 11 is 0. The number of carbonyl (C=O) groups excluding carboxylic acids is 1. The van der Waals surface area contributed by atoms with Crippen molar-refractivity contribution in [2.24, 2.45) is 0 Å². The van der Waals surface area contributed by atoms with E-state index in [1.54, 1.807) is 12.1 Å². The Balaban J connectivity index is 1.43. The molecule has 6 heteroatoms. The number of carbonyl (C=O) groups is 2. The van der Waals surface area contributed by atoms with E-state index in [-0.39, 0.29) is 18.1 Å². The van der Waals surface area contributed by atoms with Crippen LogP contribution in [0.4, 0.5) is 5.69 Å². The number of rotatable bonds is 9. The molecule has 0 saturated carbocycles. The Morgan fingerprint density at radius 3 is 2.53 bits per heavy atom. The SMILES string of the molecule is CC(C)c1cccc(NC(=O)COCCn2cc(-c3ccccc3)c3ccc(C(=O)O)cc32)c1. The summed E-state index contributed by atoms with van der Waals surface area (Å²) in [6.45, 7) is 4.96. The highest BCUT2D eigenvalue weighted by molar-refractivity contribution is 6.00. The number of aromatic nitrogens is 1. The first-order chi connectivity index (χ1) is 16.4. The van der Waals surface area contributed by atoms with E-state index in [2.05, 4.69) is 19.2 Å². The standard InChI is InChI=1S/C28H28N2O4/c1-19(2)21-9-6-10-23(15-21)29-27(31)18-34-14-13-30-17-25(20-7-4-3-5-8-20)24-12-11-22(28(32)33)16-26(24)30/h3-12,15-17,19H,13-14,18H2,1-2H3,(H,29,31)(H,32,33). The Hall–Kier alpha value is -3.90. The Morgan fingerprint density at radius 2 is 1.79 bits per heavy atom. The molecule has 174 valence electrons. The van der Waals surface area contributed by atoms with Crippen LogP contribution in [0.15, 0.2) is 79.0 Å². The molecule has 0 radical (unpaired) electrons. The van der Waals surface area contributed by atoms with Crippen molar-refractivity contribution in [1.29, 1.82) is 0 Å². The third kappa shape index (κ3) is 5.35. The first-order valence-electron chi connectivity index (χ1n) is 11.3. The predicted molar refractivity (Wildman–Crippen MR) is 134 cm³/mol. The van der Waals surface area contributed by atoms with Gasteiger partial charge in [0.15, 0.2) is 0 Å². The summed E-state index contributed by atoms with van der Waals surface area (Å²) in [5, 5.41) is 13.3. The van der Waals surface area contributed by atoms with E-state index in [0.717, 1.165) is 33.3 Å². The lowest BCUT2D eigenvalue weighted by Gasteiger charge is -2.10. The number of amides is 1. The van der Waals surface area contributed by atoms with E-state index in [1.165, 1.54) is 0 Å². The molecule has 2 N–H and O–H groups in total. The van der Waals surface area contributed by atoms with Crippen molar-refractivity contribution < 1.29 is 19.4 Å². The number of nitrogens with zero attached hydrogens (tertiary/aromatic N) is 1. The smallest absolute Gasteiger partial charge is 0.335 e. The number of hydrogen-bond acceptors (Lipinski definition) is 3. The minimum atomic E-state index is -0.967. The summed E-state index contributed by atoms with van der Waals surface area (Å²) in [5.74, 6) is -0.798. The quantitative estimate of drug-likeness (QED) is 0.313. The normalized spacial score (nSPS) is 11.1. The summed E-state index contributed by atoms with van der Waals surface area (Å²) in [4.78, 5) is 23.8. The Labute approximate surface area is 198 Å². The molecule has 6 nitrogen and oxygen atoms in total. The van der Waals surface area contributed by atoms with Crippen LogP contribution in [0, 0.1) is 0 Å². The van der Waals surface area contributed by atoms with Gasteiger partial charge in [-0.25, -0.2) is 4.79 Å². The van der Waals surface area contributed by atoms with Crippen molar-refractivity contribution in [1.82, 2.24) is 4.57 Å². The maximum Gasteiger partial charge on any atom is 0.335 e. The van der Waals surface area contributed by atoms with Gasteiger partial charge in [-0.15, -0.1) is 0 Å². The van der Waals surface area contributed by atoms with E-state index in [9.17, 15) is 14.7 Å². The molecular formula is C28H28N2O4. The van der Waals surface area contributed by atoms with Crippen molar-refractivity contribution in [2.75, 3.05) is 18.5 Å². The molecule has 0 aliphatic heterocycles. The third-order valence-electron chi connectivity index (χ3n) is 5.76. The van der Waals surface area contributed by atoms with Gasteiger partial charge in [-0.2, -0.15) is 0 Å². The Bertz CT molecular complexity index is 1310. The van der Waals surface area contributed by atoms with Gasteiger partial charge in [0.1, 0.15) is 6.61 Å². The maximum atomic E-state index is 12.3. The van der Waals surface area contributed by atoms with Crippen LogP contribution in [0.25, 0.3) is 22.0 Å². The van der Waals surface area contributed by atoms with Crippen molar-refractivity contribution in [3.05, 3.63) is 90.1 Å². The van der Waals surface area contributed by atoms with E-state index < -0.39 is 5.97 Å². The van der Waals surface area contributed by atoms with Crippen molar-refractivity contribution >= 4 is 28.5 Å². The molecule has 0 fully saturated rings. The van der Waals surface area contributed by atoms with Crippen molar-refractivity contribution in [3.8, 4) is 11.1 Å². The molecule has 1 amide bonds. The maximum absolute atomic E-state index is 12.3. The number of carboxylic acids is 1. The van der Waals surface area contributed by atoms with Gasteiger partial charge in [0.25, 0.3) is 0 Å². The number of anilines is 1. The number of fused-ring (bicyclic) bond motifs is 1. The molecule has 0 spiro atoms. The molecule has 0 bridgehead atoms. The fourth-order valence-electron chi connectivity index (χ4n) is 3.96. The number of benzene rings is 3. The Morgan fingerprint density at radius 1 is 1.00 bits per heavy atom. The molecule has 0 aliphatic rings. The number of aromatic carboxylic acids is 1. The summed E-state index contributed by atoms with van der Waals surface area (Å²) in [6.07, 6.45) is 2.01. The summed E-state index contributed by atoms with van der Waals surface area (Å²) < 4.78 is 7.62. The number of carboxylic acid groups (broad SMARTS) is 1. The average molecular weight is 457 g/mol. The van der Waals surface area contributed by atoms with Crippen LogP contribution in [0.2, 0.25) is 0 Å². The Kier molecular flexibility index (Phi) is 7.09. The largest absolute Gasteiger partial charge is 0.478 e. The van der Waals surface area contributed by atoms with Gasteiger partial charge in [-0.1, -0.05) is 62.4 Å². The lowest BCUT2D eigenvalue weighted by molar-refractivity contribution is -0.120. The van der Waals surface area contributed by atoms with Crippen LogP contribution >= 0.6 is 0 Å². The van der Waals surface area contributed by atoms with Crippen LogP contribution in [-0.2, 0) is 16.1 Å². The van der Waals surface area contributed by atoms with Crippen molar-refractivity contribution in [2.45, 2.75) is 26.3 Å². The van der Waals surface area contributed by atoms with Crippen LogP contribution in [0.5, 0.6) is 0 Å². The van der Waals surface area contributed by atoms with Gasteiger partial charge in [0, 0.05) is 34.9 Å². The highest BCUT2D eigenvalue weighted by atomic mass is 16.5.